The average molecular weight is 1290 g/mol. The van der Waals surface area contributed by atoms with Crippen molar-refractivity contribution in [2.45, 2.75) is 76.7 Å². The van der Waals surface area contributed by atoms with Crippen molar-refractivity contribution < 1.29 is 30.6 Å². The van der Waals surface area contributed by atoms with Gasteiger partial charge >= 0.3 is 0 Å². The molecular weight excluding hydrogens is 1210 g/mol. The molecule has 25 nitrogen and oxygen atoms in total. The van der Waals surface area contributed by atoms with Crippen molar-refractivity contribution in [3.05, 3.63) is 102 Å². The van der Waals surface area contributed by atoms with Crippen LogP contribution in [0.5, 0.6) is 0 Å². The molecule has 0 radical (unpaired) electrons. The number of piperidine rings is 2. The molecule has 2 aliphatic rings. The van der Waals surface area contributed by atoms with Gasteiger partial charge in [-0.25, -0.2) is 0 Å². The van der Waals surface area contributed by atoms with E-state index in [4.69, 9.17) is 95.8 Å². The molecule has 0 atom stereocenters. The third-order valence-electron chi connectivity index (χ3n) is 12.8. The molecule has 84 heavy (non-hydrogen) atoms. The van der Waals surface area contributed by atoms with E-state index in [0.29, 0.717) is 38.7 Å². The molecule has 3 aromatic carbocycles. The van der Waals surface area contributed by atoms with Crippen LogP contribution in [0.2, 0.25) is 30.9 Å². The van der Waals surface area contributed by atoms with E-state index in [0.717, 1.165) is 60.0 Å². The van der Waals surface area contributed by atoms with Crippen LogP contribution in [-0.2, 0) is 0 Å². The van der Waals surface area contributed by atoms with Crippen molar-refractivity contribution in [1.29, 1.82) is 0 Å². The summed E-state index contributed by atoms with van der Waals surface area (Å²) < 4.78 is 0. The largest absolute Gasteiger partial charge is 0.395 e. The van der Waals surface area contributed by atoms with E-state index in [1.54, 1.807) is 12.1 Å². The molecule has 31 heteroatoms. The number of nitrogens with zero attached hydrogens (tertiary/aromatic N) is 12. The number of aliphatic hydroxyl groups is 6. The number of benzene rings is 3. The molecule has 2 aliphatic heterocycles. The van der Waals surface area contributed by atoms with Crippen LogP contribution in [0.25, 0.3) is 0 Å². The molecule has 0 spiro atoms. The van der Waals surface area contributed by atoms with Gasteiger partial charge in [-0.1, -0.05) is 53.0 Å². The highest BCUT2D eigenvalue weighted by Crippen LogP contribution is 2.27. The summed E-state index contributed by atoms with van der Waals surface area (Å²) >= 11 is 35.5. The molecule has 6 aromatic rings. The topological polar surface area (TPSA) is 345 Å². The number of likely N-dealkylation sites (tertiary alicyclic amines) is 2. The van der Waals surface area contributed by atoms with Gasteiger partial charge in [0.15, 0.2) is 0 Å². The van der Waals surface area contributed by atoms with Crippen molar-refractivity contribution >= 4 is 122 Å². The first-order valence-corrected chi connectivity index (χ1v) is 28.9. The number of anilines is 9. The Morgan fingerprint density at radius 1 is 0.500 bits per heavy atom. The lowest BCUT2D eigenvalue weighted by atomic mass is 10.0. The third kappa shape index (κ3) is 25.4. The summed E-state index contributed by atoms with van der Waals surface area (Å²) in [4.78, 5) is 43.7. The molecule has 5 heterocycles. The first kappa shape index (κ1) is 71.3. The van der Waals surface area contributed by atoms with Gasteiger partial charge in [-0.2, -0.15) is 44.9 Å². The quantitative estimate of drug-likeness (QED) is 0.0420. The second-order valence-electron chi connectivity index (χ2n) is 19.5. The summed E-state index contributed by atoms with van der Waals surface area (Å²) in [5.74, 6) is 1.81. The minimum absolute atomic E-state index is 0.0205. The Labute approximate surface area is 520 Å². The fourth-order valence-electron chi connectivity index (χ4n) is 7.46. The van der Waals surface area contributed by atoms with Crippen molar-refractivity contribution in [3.63, 3.8) is 0 Å². The second-order valence-corrected chi connectivity index (χ2v) is 21.8. The van der Waals surface area contributed by atoms with Gasteiger partial charge in [0.05, 0.1) is 57.8 Å². The molecule has 2 saturated heterocycles. The molecule has 0 aliphatic carbocycles. The first-order chi connectivity index (χ1) is 40.1. The van der Waals surface area contributed by atoms with Crippen LogP contribution < -0.4 is 42.5 Å². The molecule has 0 amide bonds. The molecule has 2 fully saturated rings. The van der Waals surface area contributed by atoms with Gasteiger partial charge in [-0.15, -0.1) is 0 Å². The lowest BCUT2D eigenvalue weighted by molar-refractivity contribution is 0.194. The van der Waals surface area contributed by atoms with Crippen molar-refractivity contribution in [2.24, 2.45) is 5.73 Å². The zero-order valence-corrected chi connectivity index (χ0v) is 52.4. The van der Waals surface area contributed by atoms with Gasteiger partial charge in [-0.3, -0.25) is 0 Å². The zero-order chi connectivity index (χ0) is 61.9. The Kier molecular flexibility index (Phi) is 31.8. The van der Waals surface area contributed by atoms with Gasteiger partial charge in [0, 0.05) is 51.3 Å². The van der Waals surface area contributed by atoms with Crippen molar-refractivity contribution in [2.75, 3.05) is 125 Å². The summed E-state index contributed by atoms with van der Waals surface area (Å²) in [6.07, 6.45) is 4.67. The molecule has 8 rings (SSSR count). The maximum atomic E-state index is 9.42. The number of aryl methyl sites for hydroxylation is 3. The number of nitrogens with two attached hydrogens (primary N) is 1. The summed E-state index contributed by atoms with van der Waals surface area (Å²) in [6, 6.07) is 16.1. The third-order valence-corrected chi connectivity index (χ3v) is 14.5. The van der Waals surface area contributed by atoms with Gasteiger partial charge < -0.3 is 83.0 Å². The van der Waals surface area contributed by atoms with Crippen LogP contribution in [0.3, 0.4) is 0 Å². The molecule has 0 saturated carbocycles. The predicted octanol–water partition coefficient (Wildman–Crippen LogP) is 6.35. The van der Waals surface area contributed by atoms with Crippen LogP contribution in [0.1, 0.15) is 42.4 Å². The number of rotatable bonds is 19. The van der Waals surface area contributed by atoms with E-state index in [9.17, 15) is 10.2 Å². The highest BCUT2D eigenvalue weighted by Gasteiger charge is 2.24. The number of aliphatic hydroxyl groups excluding tert-OH is 6. The van der Waals surface area contributed by atoms with Crippen molar-refractivity contribution in [1.82, 2.24) is 60.0 Å². The highest BCUT2D eigenvalue weighted by molar-refractivity contribution is 6.32. The first-order valence-electron chi connectivity index (χ1n) is 26.6. The Hall–Kier alpha value is -5.17. The van der Waals surface area contributed by atoms with E-state index in [2.05, 4.69) is 113 Å². The van der Waals surface area contributed by atoms with E-state index in [1.807, 2.05) is 70.3 Å². The van der Waals surface area contributed by atoms with Crippen LogP contribution in [0, 0.1) is 20.8 Å². The van der Waals surface area contributed by atoms with E-state index >= 15 is 0 Å². The Balaban J connectivity index is 0.000000246. The fraction of sp³-hybridized carbons (Fsp3) is 0.491. The molecule has 462 valence electrons. The fourth-order valence-corrected chi connectivity index (χ4v) is 8.52. The number of aromatic nitrogens is 9. The highest BCUT2D eigenvalue weighted by atomic mass is 35.5. The normalized spacial score (nSPS) is 13.8. The molecule has 3 aromatic heterocycles. The van der Waals surface area contributed by atoms with Crippen LogP contribution in [-0.4, -0.2) is 210 Å². The van der Waals surface area contributed by atoms with Crippen molar-refractivity contribution in [3.8, 4) is 0 Å². The monoisotopic (exact) mass is 1290 g/mol. The number of hydrogen-bond donors (Lipinski definition) is 13. The minimum Gasteiger partial charge on any atom is -0.395 e. The number of nitrogens with one attached hydrogen (secondary N) is 6. The van der Waals surface area contributed by atoms with Gasteiger partial charge in [0.1, 0.15) is 0 Å². The molecule has 0 unspecified atom stereocenters. The average Bonchev–Trinajstić information content (AvgIpc) is 3.58. The summed E-state index contributed by atoms with van der Waals surface area (Å²) in [5.41, 5.74) is 10.1. The smallest absolute Gasteiger partial charge is 0.233 e. The standard InChI is InChI=1S/C20H30ClN7O2.C13H15Cl2N5O2.C10H7Cl3N4.C7H16N2.C3H9NO2/c1-13-4-5-14(10-17(13)21)22-18-24-19(23-15(11-29)12-30)26-20(25-18)28(3)16-6-8-27(2)9-7-16;1-7-2-3-8(4-10(7)14)16-12-18-11(15)19-13(20-12)17-9(5-21)6-22;1-5-2-3-6(4-7(5)11)14-10-16-8(12)15-9(13)17-10;1-8-7-3-5-9(2)6-4-7;4-3(1-5)2-6/h4-5,10,15-16,29-30H,6-9,11-12H2,1-3H3,(H2,22,23,24,25,26);2-4,9,21-22H,5-6H2,1H3,(H2,16,17,18,19,20);2-4H,1H3,(H,14,15,16,17);7-8H,3-6H2,1-2H3;3,5-6H,1-2,4H2. The molecule has 14 N–H and O–H groups in total. The Morgan fingerprint density at radius 3 is 1.19 bits per heavy atom. The van der Waals surface area contributed by atoms with E-state index < -0.39 is 18.1 Å². The van der Waals surface area contributed by atoms with Crippen LogP contribution >= 0.6 is 69.6 Å². The maximum Gasteiger partial charge on any atom is 0.233 e. The zero-order valence-electron chi connectivity index (χ0n) is 47.9. The molecular formula is C53H77Cl6N19O6. The van der Waals surface area contributed by atoms with Crippen LogP contribution in [0.4, 0.5) is 52.8 Å². The minimum atomic E-state index is -0.583. The van der Waals surface area contributed by atoms with E-state index in [1.165, 1.54) is 25.9 Å². The predicted molar refractivity (Wildman–Crippen MR) is 337 cm³/mol. The lowest BCUT2D eigenvalue weighted by Crippen LogP contribution is -2.42. The van der Waals surface area contributed by atoms with Gasteiger partial charge in [0.2, 0.25) is 51.5 Å². The summed E-state index contributed by atoms with van der Waals surface area (Å²) in [7, 11) is 8.35. The Morgan fingerprint density at radius 2 is 0.833 bits per heavy atom. The lowest BCUT2D eigenvalue weighted by Gasteiger charge is -2.35. The van der Waals surface area contributed by atoms with E-state index in [-0.39, 0.29) is 79.3 Å². The van der Waals surface area contributed by atoms with Gasteiger partial charge in [-0.05, 0) is 182 Å². The SMILES string of the molecule is CNC1CCN(C)CC1.Cc1ccc(Nc2nc(Cl)nc(Cl)n2)cc1Cl.Cc1ccc(Nc2nc(Cl)nc(NC(CO)CO)n2)cc1Cl.Cc1ccc(Nc2nc(NC(CO)CO)nc(N(C)C3CCN(C)CC3)n2)cc1Cl.NC(CO)CO. The second kappa shape index (κ2) is 37.4. The number of halogens is 6. The van der Waals surface area contributed by atoms with Crippen LogP contribution in [0.15, 0.2) is 54.6 Å². The van der Waals surface area contributed by atoms with Gasteiger partial charge in [0.25, 0.3) is 0 Å². The molecule has 0 bridgehead atoms. The Bertz CT molecular complexity index is 2890. The number of hydrogen-bond acceptors (Lipinski definition) is 25. The summed E-state index contributed by atoms with van der Waals surface area (Å²) in [5, 5.41) is 73.1. The summed E-state index contributed by atoms with van der Waals surface area (Å²) in [6.45, 7) is 9.02. The maximum absolute atomic E-state index is 9.42.